The predicted molar refractivity (Wildman–Crippen MR) is 86.2 cm³/mol. The molecule has 2 rings (SSSR count). The highest BCUT2D eigenvalue weighted by molar-refractivity contribution is 5.89. The van der Waals surface area contributed by atoms with Crippen molar-refractivity contribution in [1.29, 1.82) is 0 Å². The van der Waals surface area contributed by atoms with E-state index >= 15 is 0 Å². The summed E-state index contributed by atoms with van der Waals surface area (Å²) >= 11 is 0. The molecule has 1 N–H and O–H groups in total. The zero-order chi connectivity index (χ0) is 14.7. The van der Waals surface area contributed by atoms with Crippen LogP contribution in [0.25, 0.3) is 10.8 Å². The molecule has 0 heterocycles. The van der Waals surface area contributed by atoms with Crippen molar-refractivity contribution in [3.8, 4) is 5.75 Å². The van der Waals surface area contributed by atoms with Gasteiger partial charge in [0.1, 0.15) is 5.75 Å². The second-order valence-corrected chi connectivity index (χ2v) is 5.70. The summed E-state index contributed by atoms with van der Waals surface area (Å²) in [5.41, 5.74) is 1.01. The molecule has 2 aromatic rings. The Kier molecular flexibility index (Phi) is 4.66. The number of benzene rings is 2. The van der Waals surface area contributed by atoms with E-state index in [1.54, 1.807) is 0 Å². The lowest BCUT2D eigenvalue weighted by Crippen LogP contribution is -2.31. The molecule has 2 atom stereocenters. The molecule has 0 radical (unpaired) electrons. The Balaban J connectivity index is 2.35. The predicted octanol–water partition coefficient (Wildman–Crippen LogP) is 4.73. The third kappa shape index (κ3) is 2.80. The van der Waals surface area contributed by atoms with Gasteiger partial charge in [-0.3, -0.25) is 4.90 Å². The Morgan fingerprint density at radius 1 is 1.10 bits per heavy atom. The van der Waals surface area contributed by atoms with Crippen molar-refractivity contribution >= 4 is 10.8 Å². The van der Waals surface area contributed by atoms with E-state index in [0.29, 0.717) is 11.8 Å². The van der Waals surface area contributed by atoms with Crippen LogP contribution >= 0.6 is 0 Å². The maximum atomic E-state index is 10.6. The van der Waals surface area contributed by atoms with Crippen molar-refractivity contribution in [2.24, 2.45) is 0 Å². The van der Waals surface area contributed by atoms with Crippen LogP contribution in [-0.4, -0.2) is 23.1 Å². The standard InChI is InChI=1S/C18H25NO/c1-5-8-13(2)19(4)14(3)16-12-11-15-9-6-7-10-17(15)18(16)20/h6-7,9-14,20H,5,8H2,1-4H3. The Labute approximate surface area is 122 Å². The van der Waals surface area contributed by atoms with E-state index in [2.05, 4.69) is 44.9 Å². The minimum atomic E-state index is 0.209. The number of nitrogens with zero attached hydrogens (tertiary/aromatic N) is 1. The lowest BCUT2D eigenvalue weighted by Gasteiger charge is -2.31. The molecular formula is C18H25NO. The molecule has 0 aliphatic rings. The van der Waals surface area contributed by atoms with Gasteiger partial charge in [0.2, 0.25) is 0 Å². The fourth-order valence-electron chi connectivity index (χ4n) is 2.83. The van der Waals surface area contributed by atoms with E-state index in [9.17, 15) is 5.11 Å². The van der Waals surface area contributed by atoms with E-state index < -0.39 is 0 Å². The summed E-state index contributed by atoms with van der Waals surface area (Å²) in [6, 6.07) is 12.9. The van der Waals surface area contributed by atoms with Gasteiger partial charge >= 0.3 is 0 Å². The van der Waals surface area contributed by atoms with E-state index in [4.69, 9.17) is 0 Å². The van der Waals surface area contributed by atoms with Crippen LogP contribution in [0.15, 0.2) is 36.4 Å². The van der Waals surface area contributed by atoms with Crippen LogP contribution in [0.1, 0.15) is 45.2 Å². The highest BCUT2D eigenvalue weighted by Gasteiger charge is 2.20. The van der Waals surface area contributed by atoms with Crippen LogP contribution in [0, 0.1) is 0 Å². The van der Waals surface area contributed by atoms with Gasteiger partial charge in [-0.1, -0.05) is 49.7 Å². The van der Waals surface area contributed by atoms with Gasteiger partial charge in [0.05, 0.1) is 0 Å². The number of hydrogen-bond donors (Lipinski definition) is 1. The Morgan fingerprint density at radius 2 is 1.80 bits per heavy atom. The van der Waals surface area contributed by atoms with Crippen molar-refractivity contribution < 1.29 is 5.11 Å². The molecule has 2 nitrogen and oxygen atoms in total. The molecule has 0 amide bonds. The van der Waals surface area contributed by atoms with Gasteiger partial charge in [0, 0.05) is 23.0 Å². The number of phenols is 1. The van der Waals surface area contributed by atoms with Crippen molar-refractivity contribution in [2.75, 3.05) is 7.05 Å². The molecule has 0 aliphatic heterocycles. The van der Waals surface area contributed by atoms with E-state index in [1.807, 2.05) is 24.3 Å². The number of phenolic OH excluding ortho intramolecular Hbond substituents is 1. The van der Waals surface area contributed by atoms with Crippen molar-refractivity contribution in [1.82, 2.24) is 4.90 Å². The zero-order valence-corrected chi connectivity index (χ0v) is 12.9. The number of hydrogen-bond acceptors (Lipinski definition) is 2. The van der Waals surface area contributed by atoms with E-state index in [1.165, 1.54) is 12.8 Å². The van der Waals surface area contributed by atoms with Gasteiger partial charge in [0.15, 0.2) is 0 Å². The minimum Gasteiger partial charge on any atom is -0.507 e. The summed E-state index contributed by atoms with van der Waals surface area (Å²) in [5, 5.41) is 12.6. The fraction of sp³-hybridized carbons (Fsp3) is 0.444. The number of fused-ring (bicyclic) bond motifs is 1. The van der Waals surface area contributed by atoms with Gasteiger partial charge in [-0.2, -0.15) is 0 Å². The average Bonchev–Trinajstić information content (AvgIpc) is 2.46. The first-order chi connectivity index (χ1) is 9.56. The largest absolute Gasteiger partial charge is 0.507 e. The molecule has 0 aliphatic carbocycles. The third-order valence-corrected chi connectivity index (χ3v) is 4.39. The first kappa shape index (κ1) is 14.9. The fourth-order valence-corrected chi connectivity index (χ4v) is 2.83. The molecule has 0 spiro atoms. The highest BCUT2D eigenvalue weighted by atomic mass is 16.3. The molecule has 0 aromatic heterocycles. The molecule has 20 heavy (non-hydrogen) atoms. The van der Waals surface area contributed by atoms with Crippen molar-refractivity contribution in [3.63, 3.8) is 0 Å². The molecule has 0 fully saturated rings. The molecule has 108 valence electrons. The van der Waals surface area contributed by atoms with E-state index in [-0.39, 0.29) is 6.04 Å². The maximum Gasteiger partial charge on any atom is 0.128 e. The molecule has 2 heteroatoms. The SMILES string of the molecule is CCCC(C)N(C)C(C)c1ccc2ccccc2c1O. The smallest absolute Gasteiger partial charge is 0.128 e. The lowest BCUT2D eigenvalue weighted by atomic mass is 9.99. The van der Waals surface area contributed by atoms with Crippen LogP contribution < -0.4 is 0 Å². The second kappa shape index (κ2) is 6.27. The van der Waals surface area contributed by atoms with Gasteiger partial charge in [-0.05, 0) is 32.7 Å². The summed E-state index contributed by atoms with van der Waals surface area (Å²) in [6.45, 7) is 6.62. The van der Waals surface area contributed by atoms with Crippen LogP contribution in [0.4, 0.5) is 0 Å². The van der Waals surface area contributed by atoms with Crippen LogP contribution in [-0.2, 0) is 0 Å². The maximum absolute atomic E-state index is 10.6. The van der Waals surface area contributed by atoms with Gasteiger partial charge in [-0.25, -0.2) is 0 Å². The third-order valence-electron chi connectivity index (χ3n) is 4.39. The zero-order valence-electron chi connectivity index (χ0n) is 12.9. The van der Waals surface area contributed by atoms with Gasteiger partial charge in [0.25, 0.3) is 0 Å². The average molecular weight is 271 g/mol. The molecule has 2 unspecified atom stereocenters. The Morgan fingerprint density at radius 3 is 2.50 bits per heavy atom. The minimum absolute atomic E-state index is 0.209. The van der Waals surface area contributed by atoms with Gasteiger partial charge < -0.3 is 5.11 Å². The summed E-state index contributed by atoms with van der Waals surface area (Å²) in [7, 11) is 2.14. The van der Waals surface area contributed by atoms with Crippen LogP contribution in [0.5, 0.6) is 5.75 Å². The van der Waals surface area contributed by atoms with E-state index in [0.717, 1.165) is 16.3 Å². The Bertz CT molecular complexity index is 579. The highest BCUT2D eigenvalue weighted by Crippen LogP contribution is 2.35. The quantitative estimate of drug-likeness (QED) is 0.850. The normalized spacial score (nSPS) is 14.7. The Hall–Kier alpha value is -1.54. The monoisotopic (exact) mass is 271 g/mol. The summed E-state index contributed by atoms with van der Waals surface area (Å²) < 4.78 is 0. The van der Waals surface area contributed by atoms with Gasteiger partial charge in [-0.15, -0.1) is 0 Å². The molecule has 2 aromatic carbocycles. The van der Waals surface area contributed by atoms with Crippen LogP contribution in [0.3, 0.4) is 0 Å². The molecule has 0 saturated carbocycles. The summed E-state index contributed by atoms with van der Waals surface area (Å²) in [4.78, 5) is 2.34. The number of aromatic hydroxyl groups is 1. The number of rotatable bonds is 5. The lowest BCUT2D eigenvalue weighted by molar-refractivity contribution is 0.185. The topological polar surface area (TPSA) is 23.5 Å². The van der Waals surface area contributed by atoms with Crippen LogP contribution in [0.2, 0.25) is 0 Å². The molecule has 0 bridgehead atoms. The van der Waals surface area contributed by atoms with Crippen molar-refractivity contribution in [3.05, 3.63) is 42.0 Å². The first-order valence-electron chi connectivity index (χ1n) is 7.48. The molecular weight excluding hydrogens is 246 g/mol. The molecule has 0 saturated heterocycles. The first-order valence-corrected chi connectivity index (χ1v) is 7.48. The second-order valence-electron chi connectivity index (χ2n) is 5.70. The van der Waals surface area contributed by atoms with Crippen molar-refractivity contribution in [2.45, 2.75) is 45.7 Å². The summed E-state index contributed by atoms with van der Waals surface area (Å²) in [5.74, 6) is 0.422. The summed E-state index contributed by atoms with van der Waals surface area (Å²) in [6.07, 6.45) is 2.36.